The van der Waals surface area contributed by atoms with Crippen molar-refractivity contribution in [2.75, 3.05) is 12.0 Å². The van der Waals surface area contributed by atoms with Crippen molar-refractivity contribution >= 4 is 23.1 Å². The molecule has 1 fully saturated rings. The summed E-state index contributed by atoms with van der Waals surface area (Å²) in [5, 5.41) is 11.7. The molecule has 1 N–H and O–H groups in total. The average Bonchev–Trinajstić information content (AvgIpc) is 3.20. The Balaban J connectivity index is 1.92. The Bertz CT molecular complexity index is 1380. The van der Waals surface area contributed by atoms with Gasteiger partial charge in [0.15, 0.2) is 0 Å². The van der Waals surface area contributed by atoms with Crippen LogP contribution in [0.1, 0.15) is 81.3 Å². The average molecular weight is 526 g/mol. The zero-order chi connectivity index (χ0) is 28.3. The maximum Gasteiger partial charge on any atom is 0.300 e. The van der Waals surface area contributed by atoms with E-state index in [1.165, 1.54) is 17.6 Å². The number of hydrogen-bond acceptors (Lipinski definition) is 4. The largest absolute Gasteiger partial charge is 0.507 e. The lowest BCUT2D eigenvalue weighted by Crippen LogP contribution is -2.29. The van der Waals surface area contributed by atoms with Gasteiger partial charge in [-0.05, 0) is 71.2 Å². The molecule has 4 rings (SSSR count). The highest BCUT2D eigenvalue weighted by Crippen LogP contribution is 2.44. The van der Waals surface area contributed by atoms with Gasteiger partial charge < -0.3 is 9.84 Å². The number of carbonyl (C=O) groups is 2. The summed E-state index contributed by atoms with van der Waals surface area (Å²) in [4.78, 5) is 28.8. The lowest BCUT2D eigenvalue weighted by atomic mass is 9.85. The molecule has 0 bridgehead atoms. The van der Waals surface area contributed by atoms with Crippen LogP contribution in [0.2, 0.25) is 0 Å². The SMILES string of the molecule is CCCCc1ccc(N2C(=O)C(=O)/C(=C(/O)c3cc(C(C)(C)C)ccc3OC)C2c2ccc(CC)cc2)cc1. The minimum atomic E-state index is -0.777. The van der Waals surface area contributed by atoms with Gasteiger partial charge in [-0.1, -0.05) is 83.5 Å². The van der Waals surface area contributed by atoms with Crippen LogP contribution in [0, 0.1) is 0 Å². The molecule has 1 aliphatic heterocycles. The smallest absolute Gasteiger partial charge is 0.300 e. The highest BCUT2D eigenvalue weighted by molar-refractivity contribution is 6.51. The topological polar surface area (TPSA) is 66.8 Å². The van der Waals surface area contributed by atoms with Crippen LogP contribution in [-0.2, 0) is 27.8 Å². The monoisotopic (exact) mass is 525 g/mol. The number of aliphatic hydroxyl groups excluding tert-OH is 1. The molecule has 0 aromatic heterocycles. The summed E-state index contributed by atoms with van der Waals surface area (Å²) in [6, 6.07) is 20.5. The number of aryl methyl sites for hydroxylation is 2. The molecule has 1 atom stereocenters. The molecule has 204 valence electrons. The first-order valence-electron chi connectivity index (χ1n) is 13.8. The fraction of sp³-hybridized carbons (Fsp3) is 0.353. The Kier molecular flexibility index (Phi) is 8.29. The number of hydrogen-bond donors (Lipinski definition) is 1. The number of ketones is 1. The summed E-state index contributed by atoms with van der Waals surface area (Å²) in [7, 11) is 1.53. The van der Waals surface area contributed by atoms with Crippen molar-refractivity contribution in [2.24, 2.45) is 0 Å². The molecule has 0 aliphatic carbocycles. The summed E-state index contributed by atoms with van der Waals surface area (Å²) in [6.07, 6.45) is 4.02. The minimum absolute atomic E-state index is 0.0590. The van der Waals surface area contributed by atoms with E-state index in [0.717, 1.165) is 42.4 Å². The van der Waals surface area contributed by atoms with Crippen molar-refractivity contribution < 1.29 is 19.4 Å². The molecule has 0 saturated carbocycles. The summed E-state index contributed by atoms with van der Waals surface area (Å²) in [5.41, 5.74) is 4.95. The van der Waals surface area contributed by atoms with E-state index < -0.39 is 17.7 Å². The third-order valence-corrected chi connectivity index (χ3v) is 7.50. The summed E-state index contributed by atoms with van der Waals surface area (Å²) in [5.74, 6) is -1.17. The van der Waals surface area contributed by atoms with Crippen molar-refractivity contribution in [1.29, 1.82) is 0 Å². The van der Waals surface area contributed by atoms with E-state index in [1.54, 1.807) is 6.07 Å². The second kappa shape index (κ2) is 11.5. The van der Waals surface area contributed by atoms with Crippen LogP contribution >= 0.6 is 0 Å². The number of amides is 1. The quantitative estimate of drug-likeness (QED) is 0.188. The predicted molar refractivity (Wildman–Crippen MR) is 157 cm³/mol. The first-order chi connectivity index (χ1) is 18.6. The standard InChI is InChI=1S/C34H39NO4/c1-7-9-10-23-13-18-26(19-14-23)35-30(24-15-11-22(8-2)12-16-24)29(32(37)33(35)38)31(36)27-21-25(34(3,4)5)17-20-28(27)39-6/h11-21,30,36H,7-10H2,1-6H3/b31-29+. The van der Waals surface area contributed by atoms with Gasteiger partial charge in [0.25, 0.3) is 11.7 Å². The van der Waals surface area contributed by atoms with E-state index in [-0.39, 0.29) is 16.7 Å². The molecular weight excluding hydrogens is 486 g/mol. The zero-order valence-electron chi connectivity index (χ0n) is 23.9. The maximum atomic E-state index is 13.7. The number of methoxy groups -OCH3 is 1. The van der Waals surface area contributed by atoms with Crippen LogP contribution in [0.15, 0.2) is 72.3 Å². The van der Waals surface area contributed by atoms with E-state index in [9.17, 15) is 14.7 Å². The number of rotatable bonds is 8. The van der Waals surface area contributed by atoms with E-state index >= 15 is 0 Å². The molecule has 0 spiro atoms. The molecule has 1 unspecified atom stereocenters. The second-order valence-corrected chi connectivity index (χ2v) is 11.2. The van der Waals surface area contributed by atoms with Crippen LogP contribution in [0.3, 0.4) is 0 Å². The Morgan fingerprint density at radius 1 is 0.923 bits per heavy atom. The fourth-order valence-electron chi connectivity index (χ4n) is 5.06. The molecule has 39 heavy (non-hydrogen) atoms. The van der Waals surface area contributed by atoms with Gasteiger partial charge in [0.2, 0.25) is 0 Å². The number of aliphatic hydroxyl groups is 1. The number of anilines is 1. The van der Waals surface area contributed by atoms with Gasteiger partial charge in [-0.2, -0.15) is 0 Å². The molecule has 1 saturated heterocycles. The molecule has 3 aromatic carbocycles. The van der Waals surface area contributed by atoms with Crippen molar-refractivity contribution in [1.82, 2.24) is 0 Å². The Morgan fingerprint density at radius 2 is 1.56 bits per heavy atom. The van der Waals surface area contributed by atoms with Crippen molar-refractivity contribution in [3.05, 3.63) is 100 Å². The first kappa shape index (κ1) is 28.2. The van der Waals surface area contributed by atoms with Crippen LogP contribution in [0.4, 0.5) is 5.69 Å². The fourth-order valence-corrected chi connectivity index (χ4v) is 5.06. The van der Waals surface area contributed by atoms with Crippen molar-refractivity contribution in [2.45, 2.75) is 71.8 Å². The van der Waals surface area contributed by atoms with Crippen LogP contribution < -0.4 is 9.64 Å². The number of benzene rings is 3. The molecule has 5 heteroatoms. The maximum absolute atomic E-state index is 13.7. The normalized spacial score (nSPS) is 17.1. The van der Waals surface area contributed by atoms with Crippen molar-refractivity contribution in [3.8, 4) is 5.75 Å². The molecule has 1 amide bonds. The molecular formula is C34H39NO4. The zero-order valence-corrected chi connectivity index (χ0v) is 23.9. The summed E-state index contributed by atoms with van der Waals surface area (Å²) < 4.78 is 5.58. The van der Waals surface area contributed by atoms with Gasteiger partial charge in [0, 0.05) is 5.69 Å². The van der Waals surface area contributed by atoms with Crippen LogP contribution in [-0.4, -0.2) is 23.9 Å². The number of carbonyl (C=O) groups excluding carboxylic acids is 2. The molecule has 1 aliphatic rings. The van der Waals surface area contributed by atoms with E-state index in [4.69, 9.17) is 4.74 Å². The molecule has 0 radical (unpaired) electrons. The van der Waals surface area contributed by atoms with Gasteiger partial charge >= 0.3 is 0 Å². The molecule has 5 nitrogen and oxygen atoms in total. The van der Waals surface area contributed by atoms with Crippen LogP contribution in [0.25, 0.3) is 5.76 Å². The summed E-state index contributed by atoms with van der Waals surface area (Å²) in [6.45, 7) is 10.5. The van der Waals surface area contributed by atoms with E-state index in [0.29, 0.717) is 17.0 Å². The van der Waals surface area contributed by atoms with Crippen LogP contribution in [0.5, 0.6) is 5.75 Å². The number of Topliss-reactive ketones (excluding diaryl/α,β-unsaturated/α-hetero) is 1. The highest BCUT2D eigenvalue weighted by atomic mass is 16.5. The van der Waals surface area contributed by atoms with Gasteiger partial charge in [-0.3, -0.25) is 14.5 Å². The third kappa shape index (κ3) is 5.63. The Labute approximate surface area is 232 Å². The third-order valence-electron chi connectivity index (χ3n) is 7.50. The lowest BCUT2D eigenvalue weighted by Gasteiger charge is -2.26. The van der Waals surface area contributed by atoms with E-state index in [1.807, 2.05) is 60.7 Å². The lowest BCUT2D eigenvalue weighted by molar-refractivity contribution is -0.132. The summed E-state index contributed by atoms with van der Waals surface area (Å²) >= 11 is 0. The molecule has 1 heterocycles. The van der Waals surface area contributed by atoms with E-state index in [2.05, 4.69) is 34.6 Å². The van der Waals surface area contributed by atoms with Gasteiger partial charge in [0.1, 0.15) is 11.5 Å². The second-order valence-electron chi connectivity index (χ2n) is 11.2. The number of nitrogens with zero attached hydrogens (tertiary/aromatic N) is 1. The predicted octanol–water partition coefficient (Wildman–Crippen LogP) is 7.52. The van der Waals surface area contributed by atoms with Gasteiger partial charge in [-0.25, -0.2) is 0 Å². The number of unbranched alkanes of at least 4 members (excludes halogenated alkanes) is 1. The van der Waals surface area contributed by atoms with Crippen molar-refractivity contribution in [3.63, 3.8) is 0 Å². The minimum Gasteiger partial charge on any atom is -0.507 e. The Hall–Kier alpha value is -3.86. The highest BCUT2D eigenvalue weighted by Gasteiger charge is 2.47. The van der Waals surface area contributed by atoms with Gasteiger partial charge in [0.05, 0.1) is 24.3 Å². The number of ether oxygens (including phenoxy) is 1. The molecule has 3 aromatic rings. The Morgan fingerprint density at radius 3 is 2.13 bits per heavy atom. The first-order valence-corrected chi connectivity index (χ1v) is 13.8. The van der Waals surface area contributed by atoms with Gasteiger partial charge in [-0.15, -0.1) is 0 Å².